The van der Waals surface area contributed by atoms with Gasteiger partial charge in [-0.2, -0.15) is 0 Å². The highest BCUT2D eigenvalue weighted by molar-refractivity contribution is 7.80. The molecular formula is C51H48N6O10S2. The maximum atomic E-state index is 12.3. The number of fused-ring (bicyclic) bond motifs is 3. The molecule has 69 heavy (non-hydrogen) atoms. The van der Waals surface area contributed by atoms with Crippen molar-refractivity contribution in [2.75, 3.05) is 43.7 Å². The van der Waals surface area contributed by atoms with Gasteiger partial charge in [0.2, 0.25) is 32.2 Å². The van der Waals surface area contributed by atoms with Gasteiger partial charge in [-0.25, -0.2) is 4.99 Å². The molecule has 5 aromatic rings. The van der Waals surface area contributed by atoms with Gasteiger partial charge in [-0.05, 0) is 104 Å². The summed E-state index contributed by atoms with van der Waals surface area (Å²) in [7, 11) is 0. The molecule has 0 unspecified atom stereocenters. The van der Waals surface area contributed by atoms with E-state index >= 15 is 0 Å². The van der Waals surface area contributed by atoms with E-state index in [0.717, 1.165) is 41.8 Å². The van der Waals surface area contributed by atoms with Crippen molar-refractivity contribution in [1.29, 1.82) is 0 Å². The minimum atomic E-state index is -0.220. The number of hydrogen-bond acceptors (Lipinski definition) is 15. The van der Waals surface area contributed by atoms with Crippen LogP contribution in [0.3, 0.4) is 0 Å². The molecule has 5 aromatic carbocycles. The number of nitrogens with one attached hydrogen (secondary N) is 4. The second-order valence-corrected chi connectivity index (χ2v) is 16.0. The Labute approximate surface area is 409 Å². The van der Waals surface area contributed by atoms with Crippen LogP contribution in [-0.2, 0) is 14.4 Å². The molecule has 0 bridgehead atoms. The third kappa shape index (κ3) is 13.7. The van der Waals surface area contributed by atoms with Crippen molar-refractivity contribution in [2.45, 2.75) is 33.1 Å². The number of aliphatic imine (C=N–C) groups is 1. The number of carbonyl (C=O) groups excluding carboxylic acids is 4. The number of benzene rings is 5. The van der Waals surface area contributed by atoms with Crippen LogP contribution in [0, 0.1) is 0 Å². The Balaban J connectivity index is 0.000000138. The lowest BCUT2D eigenvalue weighted by atomic mass is 10.1. The van der Waals surface area contributed by atoms with Crippen LogP contribution in [0.2, 0.25) is 0 Å². The summed E-state index contributed by atoms with van der Waals surface area (Å²) in [6, 6.07) is 36.2. The van der Waals surface area contributed by atoms with Crippen molar-refractivity contribution in [3.63, 3.8) is 0 Å². The van der Waals surface area contributed by atoms with Crippen LogP contribution in [0.1, 0.15) is 54.6 Å². The minimum absolute atomic E-state index is 0.0602. The van der Waals surface area contributed by atoms with E-state index in [4.69, 9.17) is 40.6 Å². The number of amides is 3. The lowest BCUT2D eigenvalue weighted by molar-refractivity contribution is -0.118. The molecule has 0 aliphatic carbocycles. The molecule has 0 atom stereocenters. The van der Waals surface area contributed by atoms with Gasteiger partial charge in [-0.15, -0.1) is 0 Å². The fourth-order valence-corrected chi connectivity index (χ4v) is 7.35. The molecular weight excluding hydrogens is 921 g/mol. The smallest absolute Gasteiger partial charge is 0.276 e. The van der Waals surface area contributed by atoms with Crippen LogP contribution in [0.25, 0.3) is 12.2 Å². The first-order valence-electron chi connectivity index (χ1n) is 21.8. The summed E-state index contributed by atoms with van der Waals surface area (Å²) >= 11 is 9.62. The number of anilines is 2. The number of guanidine groups is 1. The van der Waals surface area contributed by atoms with Crippen LogP contribution >= 0.6 is 24.4 Å². The van der Waals surface area contributed by atoms with Gasteiger partial charge in [0.15, 0.2) is 34.5 Å². The van der Waals surface area contributed by atoms with Crippen molar-refractivity contribution >= 4 is 87.9 Å². The molecule has 0 aromatic heterocycles. The normalized spacial score (nSPS) is 16.3. The van der Waals surface area contributed by atoms with E-state index < -0.39 is 0 Å². The summed E-state index contributed by atoms with van der Waals surface area (Å²) in [4.78, 5) is 52.1. The van der Waals surface area contributed by atoms with Crippen LogP contribution in [0.5, 0.6) is 34.5 Å². The van der Waals surface area contributed by atoms with Crippen LogP contribution in [0.4, 0.5) is 11.4 Å². The maximum absolute atomic E-state index is 12.3. The molecule has 354 valence electrons. The van der Waals surface area contributed by atoms with Gasteiger partial charge in [-0.1, -0.05) is 73.0 Å². The average molecular weight is 969 g/mol. The molecule has 0 spiro atoms. The Morgan fingerprint density at radius 1 is 0.609 bits per heavy atom. The first-order chi connectivity index (χ1) is 33.6. The number of carbonyl (C=O) groups is 4. The highest BCUT2D eigenvalue weighted by Crippen LogP contribution is 2.35. The predicted molar refractivity (Wildman–Crippen MR) is 270 cm³/mol. The number of para-hydroxylation sites is 2. The first kappa shape index (κ1) is 48.8. The van der Waals surface area contributed by atoms with Gasteiger partial charge in [-0.3, -0.25) is 24.5 Å². The summed E-state index contributed by atoms with van der Waals surface area (Å²) < 4.78 is 31.3. The third-order valence-corrected chi connectivity index (χ3v) is 10.8. The monoisotopic (exact) mass is 968 g/mol. The quantitative estimate of drug-likeness (QED) is 0.0699. The topological polar surface area (TPSA) is 187 Å². The Morgan fingerprint density at radius 3 is 1.62 bits per heavy atom. The van der Waals surface area contributed by atoms with Crippen molar-refractivity contribution in [2.24, 2.45) is 4.99 Å². The number of aldehydes is 1. The molecule has 4 N–H and O–H groups in total. The number of thiocarbonyl (C=S) groups is 2. The van der Waals surface area contributed by atoms with E-state index in [1.165, 1.54) is 5.69 Å². The van der Waals surface area contributed by atoms with Crippen molar-refractivity contribution in [3.8, 4) is 34.5 Å². The summed E-state index contributed by atoms with van der Waals surface area (Å²) in [6.07, 6.45) is 6.16. The van der Waals surface area contributed by atoms with Gasteiger partial charge in [0, 0.05) is 54.9 Å². The standard InChI is InChI=1S/C19H17N3O3.C12H9NO3S.C8H11N.C8H6O3.C4H5NOS/c1-2-22(14-6-4-3-5-7-14)19-20-15(18(23)21-19)10-13-8-9-16-17(11-13)25-12-24-16;14-12-8(5-11(17)13-12)3-7-1-2-9-10(4-7)16-6-15-9;1-2-9-8-6-4-3-5-7-8;9-4-6-1-2-7-8(3-6)11-5-10-7;6-3-1-2-4(7)5-3/h3-11H,2,12H2,1H3,(H,20,21,23);1-4H,5-6H2,(H,13,14,17);3-7,9H,2H2,1H3;1-4H,5H2;1-2H2,(H,5,6,7)/b15-10-;8-3+;;;. The van der Waals surface area contributed by atoms with Gasteiger partial charge < -0.3 is 49.3 Å². The molecule has 3 amide bonds. The third-order valence-electron chi connectivity index (χ3n) is 10.2. The molecule has 0 radical (unpaired) electrons. The van der Waals surface area contributed by atoms with E-state index in [9.17, 15) is 19.2 Å². The van der Waals surface area contributed by atoms with Gasteiger partial charge in [0.1, 0.15) is 12.0 Å². The summed E-state index contributed by atoms with van der Waals surface area (Å²) in [5.74, 6) is 4.44. The van der Waals surface area contributed by atoms with E-state index in [1.807, 2.05) is 103 Å². The summed E-state index contributed by atoms with van der Waals surface area (Å²) in [5, 5.41) is 11.2. The van der Waals surface area contributed by atoms with E-state index in [2.05, 4.69) is 57.5 Å². The van der Waals surface area contributed by atoms with Crippen LogP contribution < -0.4 is 54.6 Å². The van der Waals surface area contributed by atoms with Gasteiger partial charge in [0.05, 0.1) is 9.98 Å². The number of nitrogens with zero attached hydrogens (tertiary/aromatic N) is 2. The molecule has 2 saturated heterocycles. The molecule has 0 saturated carbocycles. The molecule has 18 heteroatoms. The molecule has 2 fully saturated rings. The molecule has 6 aliphatic rings. The Hall–Kier alpha value is -8.09. The number of ether oxygens (including phenoxy) is 6. The Morgan fingerprint density at radius 2 is 1.14 bits per heavy atom. The first-order valence-corrected chi connectivity index (χ1v) is 22.7. The molecule has 6 aliphatic heterocycles. The fraction of sp³-hybridized carbons (Fsp3) is 0.196. The van der Waals surface area contributed by atoms with E-state index in [0.29, 0.717) is 80.9 Å². The van der Waals surface area contributed by atoms with Gasteiger partial charge in [0.25, 0.3) is 11.8 Å². The molecule has 16 nitrogen and oxygen atoms in total. The zero-order valence-electron chi connectivity index (χ0n) is 37.7. The lowest BCUT2D eigenvalue weighted by Crippen LogP contribution is -2.40. The Bertz CT molecular complexity index is 2790. The maximum Gasteiger partial charge on any atom is 0.276 e. The second-order valence-electron chi connectivity index (χ2n) is 15.0. The minimum Gasteiger partial charge on any atom is -0.454 e. The number of hydrogen-bond donors (Lipinski definition) is 4. The fourth-order valence-electron chi connectivity index (χ4n) is 6.89. The van der Waals surface area contributed by atoms with Crippen LogP contribution in [-0.4, -0.2) is 73.4 Å². The second kappa shape index (κ2) is 24.1. The SMILES string of the molecule is CCN(C1=N/C(=C\c2ccc3c(c2)OCO3)C(=O)N1)c1ccccc1.CCNc1ccccc1.O=C1CCC(=S)N1.O=C1NC(=S)C/C1=C\c1ccc2c(c1)OCO2.O=Cc1ccc2c(c1)OCO2. The van der Waals surface area contributed by atoms with Crippen molar-refractivity contribution < 1.29 is 47.6 Å². The van der Waals surface area contributed by atoms with Crippen molar-refractivity contribution in [1.82, 2.24) is 16.0 Å². The highest BCUT2D eigenvalue weighted by Gasteiger charge is 2.25. The average Bonchev–Trinajstić information content (AvgIpc) is 4.25. The number of rotatable bonds is 7. The zero-order chi connectivity index (χ0) is 48.5. The predicted octanol–water partition coefficient (Wildman–Crippen LogP) is 7.98. The van der Waals surface area contributed by atoms with E-state index in [-0.39, 0.29) is 38.1 Å². The summed E-state index contributed by atoms with van der Waals surface area (Å²) in [6.45, 7) is 6.51. The highest BCUT2D eigenvalue weighted by atomic mass is 32.1. The molecule has 6 heterocycles. The van der Waals surface area contributed by atoms with Crippen molar-refractivity contribution in [3.05, 3.63) is 143 Å². The largest absolute Gasteiger partial charge is 0.454 e. The lowest BCUT2D eigenvalue weighted by Gasteiger charge is -2.21. The zero-order valence-corrected chi connectivity index (χ0v) is 39.3. The summed E-state index contributed by atoms with van der Waals surface area (Å²) in [5.41, 5.74) is 5.56. The van der Waals surface area contributed by atoms with E-state index in [1.54, 1.807) is 24.3 Å². The Kier molecular flexibility index (Phi) is 17.0. The van der Waals surface area contributed by atoms with Crippen LogP contribution in [0.15, 0.2) is 132 Å². The molecule has 11 rings (SSSR count). The van der Waals surface area contributed by atoms with Gasteiger partial charge >= 0.3 is 0 Å².